The first kappa shape index (κ1) is 18.3. The van der Waals surface area contributed by atoms with Crippen LogP contribution < -0.4 is 15.0 Å². The first-order valence-electron chi connectivity index (χ1n) is 9.63. The molecule has 8 nitrogen and oxygen atoms in total. The molecule has 1 amide bonds. The molecule has 0 unspecified atom stereocenters. The second kappa shape index (κ2) is 7.92. The summed E-state index contributed by atoms with van der Waals surface area (Å²) in [5.74, 6) is 1.84. The number of amides is 1. The minimum atomic E-state index is 0.0563. The standard InChI is InChI=1S/C20H26N6O2/c1-21-20(22-7-5-15-3-4-18-16(11-15)6-10-28-18)25-8-9-26(19(27)14-25)17-12-23-24(2)13-17/h3-4,11-13H,5-10,14H2,1-2H3,(H,21,22). The predicted molar refractivity (Wildman–Crippen MR) is 108 cm³/mol. The van der Waals surface area contributed by atoms with Gasteiger partial charge in [-0.3, -0.25) is 14.5 Å². The van der Waals surface area contributed by atoms with Crippen molar-refractivity contribution in [3.63, 3.8) is 0 Å². The fourth-order valence-electron chi connectivity index (χ4n) is 3.72. The molecule has 0 bridgehead atoms. The molecule has 1 saturated heterocycles. The molecular weight excluding hydrogens is 356 g/mol. The second-order valence-corrected chi connectivity index (χ2v) is 7.10. The van der Waals surface area contributed by atoms with E-state index in [4.69, 9.17) is 4.74 Å². The Balaban J connectivity index is 1.30. The SMILES string of the molecule is CN=C(NCCc1ccc2c(c1)CCO2)N1CCN(c2cnn(C)c2)C(=O)C1. The van der Waals surface area contributed by atoms with E-state index in [1.165, 1.54) is 11.1 Å². The van der Waals surface area contributed by atoms with E-state index in [1.54, 1.807) is 22.8 Å². The molecule has 4 rings (SSSR count). The molecule has 148 valence electrons. The highest BCUT2D eigenvalue weighted by atomic mass is 16.5. The van der Waals surface area contributed by atoms with Crippen LogP contribution in [0.25, 0.3) is 0 Å². The molecule has 2 aliphatic rings. The van der Waals surface area contributed by atoms with Crippen molar-refractivity contribution in [3.05, 3.63) is 41.7 Å². The number of ether oxygens (including phenoxy) is 1. The van der Waals surface area contributed by atoms with Crippen LogP contribution in [0.15, 0.2) is 35.6 Å². The van der Waals surface area contributed by atoms with Gasteiger partial charge >= 0.3 is 0 Å². The van der Waals surface area contributed by atoms with Gasteiger partial charge in [-0.2, -0.15) is 5.10 Å². The minimum absolute atomic E-state index is 0.0563. The zero-order valence-corrected chi connectivity index (χ0v) is 16.4. The highest BCUT2D eigenvalue weighted by Gasteiger charge is 2.27. The summed E-state index contributed by atoms with van der Waals surface area (Å²) < 4.78 is 7.27. The Morgan fingerprint density at radius 2 is 2.25 bits per heavy atom. The monoisotopic (exact) mass is 382 g/mol. The van der Waals surface area contributed by atoms with Crippen molar-refractivity contribution in [2.24, 2.45) is 12.0 Å². The van der Waals surface area contributed by atoms with Crippen LogP contribution >= 0.6 is 0 Å². The van der Waals surface area contributed by atoms with Crippen LogP contribution in [0.1, 0.15) is 11.1 Å². The van der Waals surface area contributed by atoms with Gasteiger partial charge in [0.2, 0.25) is 5.91 Å². The number of anilines is 1. The number of piperazine rings is 1. The molecule has 2 aromatic rings. The van der Waals surface area contributed by atoms with Crippen LogP contribution in [0.4, 0.5) is 5.69 Å². The summed E-state index contributed by atoms with van der Waals surface area (Å²) in [7, 11) is 3.61. The fraction of sp³-hybridized carbons (Fsp3) is 0.450. The van der Waals surface area contributed by atoms with Crippen LogP contribution in [0.2, 0.25) is 0 Å². The second-order valence-electron chi connectivity index (χ2n) is 7.10. The molecule has 1 fully saturated rings. The Bertz CT molecular complexity index is 891. The van der Waals surface area contributed by atoms with Gasteiger partial charge in [-0.15, -0.1) is 0 Å². The minimum Gasteiger partial charge on any atom is -0.493 e. The van der Waals surface area contributed by atoms with E-state index >= 15 is 0 Å². The first-order chi connectivity index (χ1) is 13.6. The third-order valence-corrected chi connectivity index (χ3v) is 5.19. The van der Waals surface area contributed by atoms with Crippen molar-refractivity contribution in [1.82, 2.24) is 20.0 Å². The first-order valence-corrected chi connectivity index (χ1v) is 9.63. The number of hydrogen-bond acceptors (Lipinski definition) is 4. The molecule has 0 saturated carbocycles. The zero-order chi connectivity index (χ0) is 19.5. The maximum Gasteiger partial charge on any atom is 0.246 e. The number of aryl methyl sites for hydroxylation is 1. The number of aliphatic imine (C=N–C) groups is 1. The third-order valence-electron chi connectivity index (χ3n) is 5.19. The van der Waals surface area contributed by atoms with E-state index in [0.717, 1.165) is 49.9 Å². The van der Waals surface area contributed by atoms with E-state index in [2.05, 4.69) is 33.6 Å². The lowest BCUT2D eigenvalue weighted by Crippen LogP contribution is -2.55. The fourth-order valence-corrected chi connectivity index (χ4v) is 3.72. The third kappa shape index (κ3) is 3.81. The van der Waals surface area contributed by atoms with Gasteiger partial charge in [0, 0.05) is 46.3 Å². The van der Waals surface area contributed by atoms with E-state index < -0.39 is 0 Å². The van der Waals surface area contributed by atoms with Gasteiger partial charge in [0.15, 0.2) is 5.96 Å². The van der Waals surface area contributed by atoms with Crippen molar-refractivity contribution in [2.75, 3.05) is 44.7 Å². The van der Waals surface area contributed by atoms with Crippen LogP contribution in [-0.4, -0.2) is 66.4 Å². The highest BCUT2D eigenvalue weighted by Crippen LogP contribution is 2.25. The van der Waals surface area contributed by atoms with Crippen molar-refractivity contribution in [3.8, 4) is 5.75 Å². The quantitative estimate of drug-likeness (QED) is 0.626. The number of fused-ring (bicyclic) bond motifs is 1. The van der Waals surface area contributed by atoms with Gasteiger partial charge in [-0.05, 0) is 23.6 Å². The van der Waals surface area contributed by atoms with Gasteiger partial charge in [-0.25, -0.2) is 0 Å². The number of nitrogens with one attached hydrogen (secondary N) is 1. The Morgan fingerprint density at radius 1 is 1.36 bits per heavy atom. The van der Waals surface area contributed by atoms with Crippen molar-refractivity contribution in [1.29, 1.82) is 0 Å². The lowest BCUT2D eigenvalue weighted by Gasteiger charge is -2.35. The summed E-state index contributed by atoms with van der Waals surface area (Å²) in [4.78, 5) is 20.7. The Kier molecular flexibility index (Phi) is 5.18. The maximum atomic E-state index is 12.6. The topological polar surface area (TPSA) is 75.0 Å². The van der Waals surface area contributed by atoms with Crippen LogP contribution in [0, 0.1) is 0 Å². The predicted octanol–water partition coefficient (Wildman–Crippen LogP) is 0.822. The largest absolute Gasteiger partial charge is 0.493 e. The van der Waals surface area contributed by atoms with Crippen molar-refractivity contribution in [2.45, 2.75) is 12.8 Å². The molecule has 0 spiro atoms. The number of rotatable bonds is 4. The van der Waals surface area contributed by atoms with Gasteiger partial charge in [-0.1, -0.05) is 12.1 Å². The van der Waals surface area contributed by atoms with Crippen molar-refractivity contribution >= 4 is 17.6 Å². The van der Waals surface area contributed by atoms with Crippen LogP contribution in [-0.2, 0) is 24.7 Å². The van der Waals surface area contributed by atoms with E-state index in [9.17, 15) is 4.79 Å². The molecule has 3 heterocycles. The van der Waals surface area contributed by atoms with Gasteiger partial charge in [0.05, 0.1) is 18.5 Å². The van der Waals surface area contributed by atoms with Crippen molar-refractivity contribution < 1.29 is 9.53 Å². The summed E-state index contributed by atoms with van der Waals surface area (Å²) >= 11 is 0. The number of guanidine groups is 1. The summed E-state index contributed by atoms with van der Waals surface area (Å²) in [5, 5.41) is 7.54. The van der Waals surface area contributed by atoms with Crippen LogP contribution in [0.5, 0.6) is 5.75 Å². The number of nitrogens with zero attached hydrogens (tertiary/aromatic N) is 5. The maximum absolute atomic E-state index is 12.6. The summed E-state index contributed by atoms with van der Waals surface area (Å²) in [6, 6.07) is 6.40. The summed E-state index contributed by atoms with van der Waals surface area (Å²) in [5.41, 5.74) is 3.42. The molecular formula is C20H26N6O2. The number of benzene rings is 1. The van der Waals surface area contributed by atoms with Crippen LogP contribution in [0.3, 0.4) is 0 Å². The Morgan fingerprint density at radius 3 is 3.00 bits per heavy atom. The molecule has 1 aromatic heterocycles. The number of carbonyl (C=O) groups excluding carboxylic acids is 1. The molecule has 28 heavy (non-hydrogen) atoms. The average molecular weight is 382 g/mol. The number of carbonyl (C=O) groups is 1. The molecule has 1 N–H and O–H groups in total. The number of hydrogen-bond donors (Lipinski definition) is 1. The Hall–Kier alpha value is -3.03. The van der Waals surface area contributed by atoms with Gasteiger partial charge in [0.1, 0.15) is 12.3 Å². The Labute approximate surface area is 164 Å². The smallest absolute Gasteiger partial charge is 0.246 e. The van der Waals surface area contributed by atoms with E-state index in [-0.39, 0.29) is 5.91 Å². The number of aromatic nitrogens is 2. The normalized spacial score (nSPS) is 16.9. The lowest BCUT2D eigenvalue weighted by molar-refractivity contribution is -0.120. The zero-order valence-electron chi connectivity index (χ0n) is 16.4. The van der Waals surface area contributed by atoms with Gasteiger partial charge in [0.25, 0.3) is 0 Å². The average Bonchev–Trinajstić information content (AvgIpc) is 3.33. The molecule has 0 atom stereocenters. The highest BCUT2D eigenvalue weighted by molar-refractivity contribution is 5.98. The van der Waals surface area contributed by atoms with Gasteiger partial charge < -0.3 is 19.9 Å². The van der Waals surface area contributed by atoms with E-state index in [1.807, 2.05) is 18.1 Å². The van der Waals surface area contributed by atoms with E-state index in [0.29, 0.717) is 13.1 Å². The lowest BCUT2D eigenvalue weighted by atomic mass is 10.1. The summed E-state index contributed by atoms with van der Waals surface area (Å²) in [6.45, 7) is 3.21. The molecule has 1 aromatic carbocycles. The molecule has 0 aliphatic carbocycles. The summed E-state index contributed by atoms with van der Waals surface area (Å²) in [6.07, 6.45) is 5.47. The molecule has 8 heteroatoms. The molecule has 2 aliphatic heterocycles. The molecule has 0 radical (unpaired) electrons.